The fourth-order valence-electron chi connectivity index (χ4n) is 3.92. The lowest BCUT2D eigenvalue weighted by Gasteiger charge is -2.39. The molecule has 1 heterocycles. The summed E-state index contributed by atoms with van der Waals surface area (Å²) in [6.45, 7) is 2.39. The number of benzene rings is 2. The van der Waals surface area contributed by atoms with Crippen molar-refractivity contribution in [3.05, 3.63) is 71.3 Å². The standard InChI is InChI=1S/C22H23F2NO3/c1-15(18-8-7-17(23)14-19(18)24)13-20(26)25-11-9-22(10-12-25,21(27)28)16-5-3-2-4-6-16/h2-8,14-15H,9-13H2,1H3,(H,27,28). The molecule has 28 heavy (non-hydrogen) atoms. The van der Waals surface area contributed by atoms with Crippen molar-refractivity contribution in [2.45, 2.75) is 37.5 Å². The third-order valence-electron chi connectivity index (χ3n) is 5.68. The summed E-state index contributed by atoms with van der Waals surface area (Å²) in [5, 5.41) is 9.84. The van der Waals surface area contributed by atoms with Gasteiger partial charge in [0.25, 0.3) is 0 Å². The molecule has 0 radical (unpaired) electrons. The number of carbonyl (C=O) groups is 2. The zero-order valence-corrected chi connectivity index (χ0v) is 15.7. The van der Waals surface area contributed by atoms with E-state index in [0.29, 0.717) is 31.5 Å². The Hall–Kier alpha value is -2.76. The summed E-state index contributed by atoms with van der Waals surface area (Å²) < 4.78 is 27.0. The summed E-state index contributed by atoms with van der Waals surface area (Å²) in [7, 11) is 0. The SMILES string of the molecule is CC(CC(=O)N1CCC(C(=O)O)(c2ccccc2)CC1)c1ccc(F)cc1F. The molecule has 0 aromatic heterocycles. The van der Waals surface area contributed by atoms with Crippen molar-refractivity contribution in [3.63, 3.8) is 0 Å². The van der Waals surface area contributed by atoms with Crippen LogP contribution in [0.3, 0.4) is 0 Å². The van der Waals surface area contributed by atoms with E-state index < -0.39 is 28.9 Å². The first-order valence-corrected chi connectivity index (χ1v) is 9.35. The minimum atomic E-state index is -0.993. The Labute approximate surface area is 162 Å². The summed E-state index contributed by atoms with van der Waals surface area (Å²) >= 11 is 0. The highest BCUT2D eigenvalue weighted by atomic mass is 19.1. The van der Waals surface area contributed by atoms with Gasteiger partial charge in [-0.05, 0) is 36.0 Å². The van der Waals surface area contributed by atoms with Crippen molar-refractivity contribution < 1.29 is 23.5 Å². The normalized spacial score (nSPS) is 17.2. The number of carbonyl (C=O) groups excluding carboxylic acids is 1. The smallest absolute Gasteiger partial charge is 0.314 e. The van der Waals surface area contributed by atoms with Crippen LogP contribution in [-0.2, 0) is 15.0 Å². The summed E-state index contributed by atoms with van der Waals surface area (Å²) in [6.07, 6.45) is 0.753. The monoisotopic (exact) mass is 387 g/mol. The molecule has 6 heteroatoms. The highest BCUT2D eigenvalue weighted by molar-refractivity contribution is 5.83. The van der Waals surface area contributed by atoms with Crippen LogP contribution < -0.4 is 0 Å². The molecule has 1 aliphatic rings. The van der Waals surface area contributed by atoms with Crippen LogP contribution in [0.2, 0.25) is 0 Å². The van der Waals surface area contributed by atoms with Crippen molar-refractivity contribution >= 4 is 11.9 Å². The lowest BCUT2D eigenvalue weighted by molar-refractivity contribution is -0.148. The number of likely N-dealkylation sites (tertiary alicyclic amines) is 1. The maximum atomic E-state index is 13.9. The van der Waals surface area contributed by atoms with Gasteiger partial charge in [-0.2, -0.15) is 0 Å². The molecular weight excluding hydrogens is 364 g/mol. The molecule has 1 amide bonds. The van der Waals surface area contributed by atoms with E-state index in [2.05, 4.69) is 0 Å². The van der Waals surface area contributed by atoms with Crippen molar-refractivity contribution in [1.82, 2.24) is 4.90 Å². The van der Waals surface area contributed by atoms with Crippen molar-refractivity contribution in [2.75, 3.05) is 13.1 Å². The van der Waals surface area contributed by atoms with Crippen molar-refractivity contribution in [2.24, 2.45) is 0 Å². The second kappa shape index (κ2) is 8.09. The molecule has 2 aromatic carbocycles. The average molecular weight is 387 g/mol. The number of hydrogen-bond donors (Lipinski definition) is 1. The first kappa shape index (κ1) is 20.0. The first-order chi connectivity index (χ1) is 13.3. The Morgan fingerprint density at radius 1 is 1.11 bits per heavy atom. The Kier molecular flexibility index (Phi) is 5.77. The Balaban J connectivity index is 1.67. The Morgan fingerprint density at radius 3 is 2.32 bits per heavy atom. The molecule has 2 aromatic rings. The van der Waals surface area contributed by atoms with Gasteiger partial charge in [-0.1, -0.05) is 43.3 Å². The van der Waals surface area contributed by atoms with Crippen LogP contribution in [0.1, 0.15) is 43.2 Å². The van der Waals surface area contributed by atoms with Gasteiger partial charge in [-0.25, -0.2) is 8.78 Å². The van der Waals surface area contributed by atoms with E-state index in [4.69, 9.17) is 0 Å². The van der Waals surface area contributed by atoms with Gasteiger partial charge in [0, 0.05) is 25.6 Å². The van der Waals surface area contributed by atoms with Crippen LogP contribution in [-0.4, -0.2) is 35.0 Å². The van der Waals surface area contributed by atoms with E-state index in [-0.39, 0.29) is 12.3 Å². The fourth-order valence-corrected chi connectivity index (χ4v) is 3.92. The minimum Gasteiger partial charge on any atom is -0.481 e. The maximum absolute atomic E-state index is 13.9. The largest absolute Gasteiger partial charge is 0.481 e. The summed E-state index contributed by atoms with van der Waals surface area (Å²) in [6, 6.07) is 12.5. The second-order valence-electron chi connectivity index (χ2n) is 7.41. The number of halogens is 2. The van der Waals surface area contributed by atoms with Gasteiger partial charge >= 0.3 is 5.97 Å². The van der Waals surface area contributed by atoms with E-state index in [1.54, 1.807) is 11.8 Å². The number of rotatable bonds is 5. The molecule has 3 rings (SSSR count). The van der Waals surface area contributed by atoms with Gasteiger partial charge in [0.05, 0.1) is 5.41 Å². The molecule has 0 spiro atoms. The number of carboxylic acid groups (broad SMARTS) is 1. The predicted molar refractivity (Wildman–Crippen MR) is 101 cm³/mol. The van der Waals surface area contributed by atoms with Crippen molar-refractivity contribution in [1.29, 1.82) is 0 Å². The Morgan fingerprint density at radius 2 is 1.75 bits per heavy atom. The summed E-state index contributed by atoms with van der Waals surface area (Å²) in [4.78, 5) is 26.3. The molecule has 1 unspecified atom stereocenters. The number of carboxylic acids is 1. The molecule has 0 bridgehead atoms. The molecule has 0 aliphatic carbocycles. The van der Waals surface area contributed by atoms with E-state index in [1.165, 1.54) is 12.1 Å². The van der Waals surface area contributed by atoms with Crippen molar-refractivity contribution in [3.8, 4) is 0 Å². The number of nitrogens with zero attached hydrogens (tertiary/aromatic N) is 1. The van der Waals surface area contributed by atoms with Crippen LogP contribution in [0.5, 0.6) is 0 Å². The first-order valence-electron chi connectivity index (χ1n) is 9.35. The molecule has 148 valence electrons. The number of hydrogen-bond acceptors (Lipinski definition) is 2. The molecule has 4 nitrogen and oxygen atoms in total. The summed E-state index contributed by atoms with van der Waals surface area (Å²) in [5.74, 6) is -2.74. The topological polar surface area (TPSA) is 57.6 Å². The number of aliphatic carboxylic acids is 1. The number of piperidine rings is 1. The third-order valence-corrected chi connectivity index (χ3v) is 5.68. The van der Waals surface area contributed by atoms with E-state index in [0.717, 1.165) is 11.6 Å². The van der Waals surface area contributed by atoms with Crippen LogP contribution >= 0.6 is 0 Å². The molecule has 1 fully saturated rings. The Bertz CT molecular complexity index is 861. The van der Waals surface area contributed by atoms with Crippen LogP contribution in [0.15, 0.2) is 48.5 Å². The third kappa shape index (κ3) is 3.91. The van der Waals surface area contributed by atoms with Crippen LogP contribution in [0, 0.1) is 11.6 Å². The highest BCUT2D eigenvalue weighted by Crippen LogP contribution is 2.36. The lowest BCUT2D eigenvalue weighted by atomic mass is 9.72. The minimum absolute atomic E-state index is 0.0912. The second-order valence-corrected chi connectivity index (χ2v) is 7.41. The quantitative estimate of drug-likeness (QED) is 0.840. The molecule has 1 saturated heterocycles. The van der Waals surface area contributed by atoms with Gasteiger partial charge in [0.1, 0.15) is 11.6 Å². The molecule has 1 aliphatic heterocycles. The predicted octanol–water partition coefficient (Wildman–Crippen LogP) is 4.10. The average Bonchev–Trinajstić information content (AvgIpc) is 2.68. The van der Waals surface area contributed by atoms with Crippen LogP contribution in [0.4, 0.5) is 8.78 Å². The van der Waals surface area contributed by atoms with Gasteiger partial charge in [0.2, 0.25) is 5.91 Å². The van der Waals surface area contributed by atoms with E-state index in [1.807, 2.05) is 30.3 Å². The molecule has 1 atom stereocenters. The summed E-state index contributed by atoms with van der Waals surface area (Å²) in [5.41, 5.74) is 0.0551. The van der Waals surface area contributed by atoms with Gasteiger partial charge in [-0.15, -0.1) is 0 Å². The van der Waals surface area contributed by atoms with Gasteiger partial charge < -0.3 is 10.0 Å². The van der Waals surface area contributed by atoms with Gasteiger partial charge in [-0.3, -0.25) is 9.59 Å². The fraction of sp³-hybridized carbons (Fsp3) is 0.364. The van der Waals surface area contributed by atoms with Crippen LogP contribution in [0.25, 0.3) is 0 Å². The molecular formula is C22H23F2NO3. The van der Waals surface area contributed by atoms with E-state index >= 15 is 0 Å². The molecule has 1 N–H and O–H groups in total. The van der Waals surface area contributed by atoms with E-state index in [9.17, 15) is 23.5 Å². The maximum Gasteiger partial charge on any atom is 0.314 e. The highest BCUT2D eigenvalue weighted by Gasteiger charge is 2.43. The van der Waals surface area contributed by atoms with Gasteiger partial charge in [0.15, 0.2) is 0 Å². The zero-order chi connectivity index (χ0) is 20.3. The zero-order valence-electron chi connectivity index (χ0n) is 15.7. The lowest BCUT2D eigenvalue weighted by Crippen LogP contribution is -2.49. The molecule has 0 saturated carbocycles. The number of amides is 1.